The molecule has 2 N–H and O–H groups in total. The minimum atomic E-state index is -0.857. The molecule has 0 unspecified atom stereocenters. The van der Waals surface area contributed by atoms with Gasteiger partial charge in [-0.25, -0.2) is 0 Å². The number of halogens is 1. The van der Waals surface area contributed by atoms with Gasteiger partial charge in [0.05, 0.1) is 12.0 Å². The van der Waals surface area contributed by atoms with Gasteiger partial charge in [-0.15, -0.1) is 12.4 Å². The van der Waals surface area contributed by atoms with E-state index in [1.165, 1.54) is 0 Å². The van der Waals surface area contributed by atoms with E-state index in [1.54, 1.807) is 0 Å². The number of carboxylic acids is 1. The van der Waals surface area contributed by atoms with Crippen LogP contribution in [0.15, 0.2) is 0 Å². The number of aliphatic hydroxyl groups excluding tert-OH is 1. The second-order valence-corrected chi connectivity index (χ2v) is 4.13. The highest BCUT2D eigenvalue weighted by Crippen LogP contribution is 2.38. The maximum atomic E-state index is 10.9. The van der Waals surface area contributed by atoms with Crippen molar-refractivity contribution in [1.82, 2.24) is 4.90 Å². The van der Waals surface area contributed by atoms with E-state index >= 15 is 0 Å². The molecule has 2 saturated heterocycles. The van der Waals surface area contributed by atoms with Crippen molar-refractivity contribution in [3.8, 4) is 0 Å². The summed E-state index contributed by atoms with van der Waals surface area (Å²) in [4.78, 5) is 13.0. The highest BCUT2D eigenvalue weighted by molar-refractivity contribution is 5.85. The Morgan fingerprint density at radius 1 is 1.43 bits per heavy atom. The first-order valence-electron chi connectivity index (χ1n) is 4.74. The van der Waals surface area contributed by atoms with Gasteiger partial charge in [0.15, 0.2) is 0 Å². The summed E-state index contributed by atoms with van der Waals surface area (Å²) in [6.07, 6.45) is 1.91. The van der Waals surface area contributed by atoms with Crippen molar-refractivity contribution in [2.24, 2.45) is 5.92 Å². The molecule has 14 heavy (non-hydrogen) atoms. The second kappa shape index (κ2) is 4.04. The quantitative estimate of drug-likeness (QED) is 0.670. The van der Waals surface area contributed by atoms with Crippen LogP contribution in [0.2, 0.25) is 0 Å². The van der Waals surface area contributed by atoms with E-state index in [2.05, 4.69) is 4.90 Å². The van der Waals surface area contributed by atoms with Gasteiger partial charge in [0, 0.05) is 12.1 Å². The predicted octanol–water partition coefficient (Wildman–Crippen LogP) is 0.336. The van der Waals surface area contributed by atoms with E-state index < -0.39 is 18.0 Å². The minimum absolute atomic E-state index is 0. The Morgan fingerprint density at radius 2 is 2.07 bits per heavy atom. The smallest absolute Gasteiger partial charge is 0.310 e. The summed E-state index contributed by atoms with van der Waals surface area (Å²) in [7, 11) is 1.96. The summed E-state index contributed by atoms with van der Waals surface area (Å²) in [5.74, 6) is -1.44. The fourth-order valence-electron chi connectivity index (χ4n) is 2.77. The molecule has 2 bridgehead atoms. The van der Waals surface area contributed by atoms with Crippen LogP contribution >= 0.6 is 12.4 Å². The van der Waals surface area contributed by atoms with Crippen LogP contribution < -0.4 is 0 Å². The van der Waals surface area contributed by atoms with E-state index in [-0.39, 0.29) is 18.4 Å². The SMILES string of the molecule is CN1[C@H]2CC[C@@H]1[C@@H](C(=O)O)[C@@H](O)C2.Cl. The lowest BCUT2D eigenvalue weighted by Crippen LogP contribution is -2.51. The fourth-order valence-corrected chi connectivity index (χ4v) is 2.77. The molecule has 82 valence electrons. The van der Waals surface area contributed by atoms with E-state index in [1.807, 2.05) is 7.05 Å². The van der Waals surface area contributed by atoms with Crippen molar-refractivity contribution < 1.29 is 15.0 Å². The van der Waals surface area contributed by atoms with Crippen molar-refractivity contribution in [2.45, 2.75) is 37.5 Å². The summed E-state index contributed by atoms with van der Waals surface area (Å²) in [6.45, 7) is 0. The number of hydrogen-bond donors (Lipinski definition) is 2. The normalized spacial score (nSPS) is 41.9. The van der Waals surface area contributed by atoms with Gasteiger partial charge in [-0.1, -0.05) is 0 Å². The molecule has 0 spiro atoms. The van der Waals surface area contributed by atoms with Crippen LogP contribution in [0.4, 0.5) is 0 Å². The molecule has 0 aliphatic carbocycles. The summed E-state index contributed by atoms with van der Waals surface area (Å²) in [5.41, 5.74) is 0. The number of hydrogen-bond acceptors (Lipinski definition) is 3. The van der Waals surface area contributed by atoms with Crippen LogP contribution in [0.25, 0.3) is 0 Å². The van der Waals surface area contributed by atoms with Crippen molar-refractivity contribution in [3.05, 3.63) is 0 Å². The molecule has 2 heterocycles. The largest absolute Gasteiger partial charge is 0.481 e. The Bertz CT molecular complexity index is 236. The van der Waals surface area contributed by atoms with Gasteiger partial charge in [0.1, 0.15) is 0 Å². The van der Waals surface area contributed by atoms with Crippen LogP contribution in [0.3, 0.4) is 0 Å². The molecular formula is C9H16ClNO3. The molecule has 0 aromatic carbocycles. The third-order valence-electron chi connectivity index (χ3n) is 3.52. The predicted molar refractivity (Wildman–Crippen MR) is 53.6 cm³/mol. The fraction of sp³-hybridized carbons (Fsp3) is 0.889. The lowest BCUT2D eigenvalue weighted by Gasteiger charge is -2.38. The third kappa shape index (κ3) is 1.62. The number of rotatable bonds is 1. The molecule has 0 aromatic rings. The first-order chi connectivity index (χ1) is 6.11. The molecule has 2 aliphatic rings. The lowest BCUT2D eigenvalue weighted by atomic mass is 9.88. The monoisotopic (exact) mass is 221 g/mol. The number of carboxylic acid groups (broad SMARTS) is 1. The highest BCUT2D eigenvalue weighted by atomic mass is 35.5. The average Bonchev–Trinajstić information content (AvgIpc) is 2.34. The van der Waals surface area contributed by atoms with E-state index in [0.717, 1.165) is 12.8 Å². The standard InChI is InChI=1S/C9H15NO3.ClH/c1-10-5-2-3-6(10)8(9(12)13)7(11)4-5;/h5-8,11H,2-4H2,1H3,(H,12,13);1H/t5-,6+,7-,8+;/m0./s1. The molecule has 5 heteroatoms. The van der Waals surface area contributed by atoms with Gasteiger partial charge in [-0.3, -0.25) is 9.69 Å². The van der Waals surface area contributed by atoms with Gasteiger partial charge in [-0.05, 0) is 26.3 Å². The first kappa shape index (κ1) is 11.8. The zero-order valence-corrected chi connectivity index (χ0v) is 8.91. The van der Waals surface area contributed by atoms with Crippen LogP contribution in [0.5, 0.6) is 0 Å². The second-order valence-electron chi connectivity index (χ2n) is 4.13. The van der Waals surface area contributed by atoms with Gasteiger partial charge in [-0.2, -0.15) is 0 Å². The Labute approximate surface area is 89.3 Å². The number of carbonyl (C=O) groups is 1. The van der Waals surface area contributed by atoms with Crippen molar-refractivity contribution >= 4 is 18.4 Å². The molecule has 4 nitrogen and oxygen atoms in total. The molecule has 2 aliphatic heterocycles. The maximum absolute atomic E-state index is 10.9. The molecule has 0 aromatic heterocycles. The highest BCUT2D eigenvalue weighted by Gasteiger charge is 2.48. The number of piperidine rings is 1. The zero-order chi connectivity index (χ0) is 9.59. The van der Waals surface area contributed by atoms with Crippen molar-refractivity contribution in [3.63, 3.8) is 0 Å². The number of aliphatic carboxylic acids is 1. The topological polar surface area (TPSA) is 60.8 Å². The summed E-state index contributed by atoms with van der Waals surface area (Å²) in [5, 5.41) is 18.6. The Kier molecular flexibility index (Phi) is 3.40. The Balaban J connectivity index is 0.000000980. The number of nitrogens with zero attached hydrogens (tertiary/aromatic N) is 1. The molecular weight excluding hydrogens is 206 g/mol. The van der Waals surface area contributed by atoms with Crippen LogP contribution in [-0.2, 0) is 4.79 Å². The van der Waals surface area contributed by atoms with Gasteiger partial charge in [0.2, 0.25) is 0 Å². The number of aliphatic hydroxyl groups is 1. The minimum Gasteiger partial charge on any atom is -0.481 e. The van der Waals surface area contributed by atoms with Crippen molar-refractivity contribution in [2.75, 3.05) is 7.05 Å². The zero-order valence-electron chi connectivity index (χ0n) is 8.09. The van der Waals surface area contributed by atoms with Gasteiger partial charge < -0.3 is 10.2 Å². The van der Waals surface area contributed by atoms with Crippen LogP contribution in [-0.4, -0.2) is 46.3 Å². The lowest BCUT2D eigenvalue weighted by molar-refractivity contribution is -0.151. The Morgan fingerprint density at radius 3 is 2.64 bits per heavy atom. The molecule has 2 rings (SSSR count). The third-order valence-corrected chi connectivity index (χ3v) is 3.52. The molecule has 0 saturated carbocycles. The molecule has 4 atom stereocenters. The molecule has 0 radical (unpaired) electrons. The molecule has 2 fully saturated rings. The van der Waals surface area contributed by atoms with E-state index in [0.29, 0.717) is 12.5 Å². The summed E-state index contributed by atoms with van der Waals surface area (Å²) < 4.78 is 0. The van der Waals surface area contributed by atoms with Gasteiger partial charge >= 0.3 is 5.97 Å². The molecule has 0 amide bonds. The number of fused-ring (bicyclic) bond motifs is 2. The van der Waals surface area contributed by atoms with Gasteiger partial charge in [0.25, 0.3) is 0 Å². The maximum Gasteiger partial charge on any atom is 0.310 e. The van der Waals surface area contributed by atoms with Crippen LogP contribution in [0, 0.1) is 5.92 Å². The van der Waals surface area contributed by atoms with Crippen LogP contribution in [0.1, 0.15) is 19.3 Å². The van der Waals surface area contributed by atoms with E-state index in [9.17, 15) is 9.90 Å². The van der Waals surface area contributed by atoms with Crippen molar-refractivity contribution in [1.29, 1.82) is 0 Å². The van der Waals surface area contributed by atoms with E-state index in [4.69, 9.17) is 5.11 Å². The summed E-state index contributed by atoms with van der Waals surface area (Å²) in [6, 6.07) is 0.446. The Hall–Kier alpha value is -0.320. The summed E-state index contributed by atoms with van der Waals surface area (Å²) >= 11 is 0. The average molecular weight is 222 g/mol. The first-order valence-corrected chi connectivity index (χ1v) is 4.74.